The highest BCUT2D eigenvalue weighted by molar-refractivity contribution is 9.10. The summed E-state index contributed by atoms with van der Waals surface area (Å²) in [4.78, 5) is 4.12. The lowest BCUT2D eigenvalue weighted by Gasteiger charge is -2.00. The molecule has 0 N–H and O–H groups in total. The van der Waals surface area contributed by atoms with Crippen LogP contribution < -0.4 is 0 Å². The highest BCUT2D eigenvalue weighted by Gasteiger charge is 2.25. The zero-order valence-corrected chi connectivity index (χ0v) is 9.72. The Balaban J connectivity index is 2.32. The van der Waals surface area contributed by atoms with Gasteiger partial charge in [-0.05, 0) is 34.8 Å². The van der Waals surface area contributed by atoms with E-state index in [2.05, 4.69) is 31.7 Å². The minimum absolute atomic E-state index is 0.548. The summed E-state index contributed by atoms with van der Waals surface area (Å²) in [6.07, 6.45) is 6.53. The highest BCUT2D eigenvalue weighted by Crippen LogP contribution is 2.40. The highest BCUT2D eigenvalue weighted by atomic mass is 79.9. The molecule has 4 heteroatoms. The molecule has 0 aliphatic heterocycles. The van der Waals surface area contributed by atoms with Crippen molar-refractivity contribution in [1.29, 1.82) is 0 Å². The van der Waals surface area contributed by atoms with Crippen molar-refractivity contribution in [2.24, 2.45) is 0 Å². The van der Waals surface area contributed by atoms with Crippen molar-refractivity contribution in [2.75, 3.05) is 0 Å². The summed E-state index contributed by atoms with van der Waals surface area (Å²) >= 11 is 9.39. The fourth-order valence-electron chi connectivity index (χ4n) is 1.74. The van der Waals surface area contributed by atoms with Gasteiger partial charge in [-0.3, -0.25) is 0 Å². The number of fused-ring (bicyclic) bond motifs is 1. The first kappa shape index (κ1) is 8.74. The Morgan fingerprint density at radius 2 is 2.29 bits per heavy atom. The predicted octanol–water partition coefficient (Wildman–Crippen LogP) is 3.79. The molecule has 1 aliphatic rings. The van der Waals surface area contributed by atoms with E-state index in [4.69, 9.17) is 11.6 Å². The van der Waals surface area contributed by atoms with E-state index in [0.29, 0.717) is 11.2 Å². The largest absolute Gasteiger partial charge is 0.342 e. The summed E-state index contributed by atoms with van der Waals surface area (Å²) in [5.74, 6) is 0. The molecule has 2 heterocycles. The molecular formula is C10H8BrClN2. The minimum atomic E-state index is 0.548. The van der Waals surface area contributed by atoms with Crippen molar-refractivity contribution in [2.45, 2.75) is 18.9 Å². The number of nitrogens with zero attached hydrogens (tertiary/aromatic N) is 2. The smallest absolute Gasteiger partial charge is 0.129 e. The molecule has 0 amide bonds. The normalized spacial score (nSPS) is 16.4. The van der Waals surface area contributed by atoms with Gasteiger partial charge in [0, 0.05) is 22.1 Å². The first-order valence-electron chi connectivity index (χ1n) is 4.57. The maximum atomic E-state index is 5.85. The number of pyridine rings is 1. The van der Waals surface area contributed by atoms with Gasteiger partial charge >= 0.3 is 0 Å². The Labute approximate surface area is 95.0 Å². The topological polar surface area (TPSA) is 17.8 Å². The molecule has 0 aromatic carbocycles. The average molecular weight is 272 g/mol. The second-order valence-electron chi connectivity index (χ2n) is 3.64. The standard InChI is InChI=1S/C10H8BrClN2/c11-8-5-14(6-1-2-6)9-4-13-10(12)3-7(8)9/h3-6H,1-2H2. The van der Waals surface area contributed by atoms with Crippen LogP contribution in [0.15, 0.2) is 22.9 Å². The van der Waals surface area contributed by atoms with Gasteiger partial charge in [-0.25, -0.2) is 4.98 Å². The SMILES string of the molecule is Clc1cc2c(Br)cn(C3CC3)c2cn1. The second-order valence-corrected chi connectivity index (χ2v) is 4.88. The molecule has 2 nitrogen and oxygen atoms in total. The van der Waals surface area contributed by atoms with Crippen LogP contribution in [0.5, 0.6) is 0 Å². The summed E-state index contributed by atoms with van der Waals surface area (Å²) in [7, 11) is 0. The van der Waals surface area contributed by atoms with Crippen molar-refractivity contribution in [3.05, 3.63) is 28.1 Å². The van der Waals surface area contributed by atoms with Crippen LogP contribution in [-0.2, 0) is 0 Å². The van der Waals surface area contributed by atoms with Gasteiger partial charge < -0.3 is 4.57 Å². The summed E-state index contributed by atoms with van der Waals surface area (Å²) in [6.45, 7) is 0. The van der Waals surface area contributed by atoms with E-state index >= 15 is 0 Å². The molecule has 2 aromatic rings. The Morgan fingerprint density at radius 1 is 1.50 bits per heavy atom. The summed E-state index contributed by atoms with van der Waals surface area (Å²) in [5.41, 5.74) is 1.17. The van der Waals surface area contributed by atoms with E-state index in [9.17, 15) is 0 Å². The molecule has 0 saturated heterocycles. The quantitative estimate of drug-likeness (QED) is 0.722. The lowest BCUT2D eigenvalue weighted by molar-refractivity contribution is 0.773. The Hall–Kier alpha value is -0.540. The van der Waals surface area contributed by atoms with Crippen LogP contribution in [0.2, 0.25) is 5.15 Å². The average Bonchev–Trinajstić information content (AvgIpc) is 2.94. The van der Waals surface area contributed by atoms with Crippen LogP contribution in [0, 0.1) is 0 Å². The molecule has 0 unspecified atom stereocenters. The van der Waals surface area contributed by atoms with Crippen molar-refractivity contribution in [3.63, 3.8) is 0 Å². The summed E-state index contributed by atoms with van der Waals surface area (Å²) in [5, 5.41) is 1.70. The molecule has 72 valence electrons. The summed E-state index contributed by atoms with van der Waals surface area (Å²) in [6, 6.07) is 2.58. The molecule has 14 heavy (non-hydrogen) atoms. The molecule has 1 saturated carbocycles. The van der Waals surface area contributed by atoms with E-state index in [-0.39, 0.29) is 0 Å². The van der Waals surface area contributed by atoms with Crippen molar-refractivity contribution >= 4 is 38.4 Å². The van der Waals surface area contributed by atoms with Crippen LogP contribution >= 0.6 is 27.5 Å². The zero-order chi connectivity index (χ0) is 9.71. The van der Waals surface area contributed by atoms with Gasteiger partial charge in [-0.2, -0.15) is 0 Å². The number of hydrogen-bond donors (Lipinski definition) is 0. The number of halogens is 2. The molecule has 1 fully saturated rings. The number of aromatic nitrogens is 2. The van der Waals surface area contributed by atoms with Gasteiger partial charge in [0.25, 0.3) is 0 Å². The third-order valence-corrected chi connectivity index (χ3v) is 3.42. The number of rotatable bonds is 1. The van der Waals surface area contributed by atoms with E-state index < -0.39 is 0 Å². The van der Waals surface area contributed by atoms with Crippen molar-refractivity contribution in [1.82, 2.24) is 9.55 Å². The molecule has 0 spiro atoms. The third-order valence-electron chi connectivity index (χ3n) is 2.58. The summed E-state index contributed by atoms with van der Waals surface area (Å²) < 4.78 is 3.38. The number of hydrogen-bond acceptors (Lipinski definition) is 1. The second kappa shape index (κ2) is 2.97. The van der Waals surface area contributed by atoms with E-state index in [1.165, 1.54) is 18.4 Å². The Bertz CT molecular complexity index is 502. The molecule has 0 atom stereocenters. The molecule has 2 aromatic heterocycles. The van der Waals surface area contributed by atoms with Gasteiger partial charge in [0.2, 0.25) is 0 Å². The zero-order valence-electron chi connectivity index (χ0n) is 7.37. The van der Waals surface area contributed by atoms with Crippen LogP contribution in [-0.4, -0.2) is 9.55 Å². The lowest BCUT2D eigenvalue weighted by atomic mass is 10.3. The molecule has 0 bridgehead atoms. The van der Waals surface area contributed by atoms with Crippen LogP contribution in [0.1, 0.15) is 18.9 Å². The maximum absolute atomic E-state index is 5.85. The fraction of sp³-hybridized carbons (Fsp3) is 0.300. The molecule has 3 rings (SSSR count). The van der Waals surface area contributed by atoms with Crippen LogP contribution in [0.25, 0.3) is 10.9 Å². The Kier molecular flexibility index (Phi) is 1.86. The van der Waals surface area contributed by atoms with Gasteiger partial charge in [0.15, 0.2) is 0 Å². The monoisotopic (exact) mass is 270 g/mol. The van der Waals surface area contributed by atoms with Crippen molar-refractivity contribution in [3.8, 4) is 0 Å². The van der Waals surface area contributed by atoms with E-state index in [1.54, 1.807) is 0 Å². The van der Waals surface area contributed by atoms with Crippen LogP contribution in [0.3, 0.4) is 0 Å². The predicted molar refractivity (Wildman–Crippen MR) is 60.7 cm³/mol. The minimum Gasteiger partial charge on any atom is -0.342 e. The maximum Gasteiger partial charge on any atom is 0.129 e. The van der Waals surface area contributed by atoms with Crippen LogP contribution in [0.4, 0.5) is 0 Å². The fourth-order valence-corrected chi connectivity index (χ4v) is 2.43. The third kappa shape index (κ3) is 1.27. The first-order chi connectivity index (χ1) is 6.75. The first-order valence-corrected chi connectivity index (χ1v) is 5.74. The van der Waals surface area contributed by atoms with E-state index in [1.807, 2.05) is 12.3 Å². The lowest BCUT2D eigenvalue weighted by Crippen LogP contribution is -1.90. The molecule has 1 aliphatic carbocycles. The van der Waals surface area contributed by atoms with Crippen molar-refractivity contribution < 1.29 is 0 Å². The van der Waals surface area contributed by atoms with Gasteiger partial charge in [0.1, 0.15) is 5.15 Å². The molecular weight excluding hydrogens is 263 g/mol. The Morgan fingerprint density at radius 3 is 3.00 bits per heavy atom. The molecule has 0 radical (unpaired) electrons. The van der Waals surface area contributed by atoms with Gasteiger partial charge in [0.05, 0.1) is 11.7 Å². The van der Waals surface area contributed by atoms with E-state index in [0.717, 1.165) is 9.86 Å². The van der Waals surface area contributed by atoms with Gasteiger partial charge in [-0.1, -0.05) is 11.6 Å². The van der Waals surface area contributed by atoms with Gasteiger partial charge in [-0.15, -0.1) is 0 Å².